The van der Waals surface area contributed by atoms with Gasteiger partial charge in [0.2, 0.25) is 0 Å². The Morgan fingerprint density at radius 1 is 1.29 bits per heavy atom. The minimum Gasteiger partial charge on any atom is -0.339 e. The molecule has 0 radical (unpaired) electrons. The van der Waals surface area contributed by atoms with E-state index in [-0.39, 0.29) is 5.91 Å². The molecular formula is C14H20BrNO. The second kappa shape index (κ2) is 6.80. The van der Waals surface area contributed by atoms with E-state index < -0.39 is 0 Å². The maximum Gasteiger partial charge on any atom is 0.253 e. The van der Waals surface area contributed by atoms with Crippen molar-refractivity contribution in [1.29, 1.82) is 0 Å². The number of amides is 1. The molecule has 0 saturated carbocycles. The number of carbonyl (C=O) groups excluding carboxylic acids is 1. The minimum atomic E-state index is 0.126. The molecule has 2 nitrogen and oxygen atoms in total. The normalized spacial score (nSPS) is 10.6. The zero-order chi connectivity index (χ0) is 12.8. The molecule has 0 saturated heterocycles. The van der Waals surface area contributed by atoms with Crippen LogP contribution in [-0.4, -0.2) is 23.9 Å². The van der Waals surface area contributed by atoms with E-state index in [1.165, 1.54) is 0 Å². The smallest absolute Gasteiger partial charge is 0.253 e. The lowest BCUT2D eigenvalue weighted by Gasteiger charge is -2.22. The maximum absolute atomic E-state index is 12.2. The van der Waals surface area contributed by atoms with Crippen molar-refractivity contribution in [2.75, 3.05) is 13.1 Å². The van der Waals surface area contributed by atoms with Crippen molar-refractivity contribution in [3.05, 3.63) is 34.3 Å². The predicted molar refractivity (Wildman–Crippen MR) is 75.2 cm³/mol. The van der Waals surface area contributed by atoms with Crippen molar-refractivity contribution in [3.63, 3.8) is 0 Å². The Morgan fingerprint density at radius 2 is 1.88 bits per heavy atom. The molecule has 0 aliphatic carbocycles. The number of hydrogen-bond acceptors (Lipinski definition) is 1. The van der Waals surface area contributed by atoms with Crippen LogP contribution in [0.1, 0.15) is 37.6 Å². The molecule has 94 valence electrons. The fraction of sp³-hybridized carbons (Fsp3) is 0.500. The highest BCUT2D eigenvalue weighted by molar-refractivity contribution is 9.10. The van der Waals surface area contributed by atoms with E-state index in [0.717, 1.165) is 29.5 Å². The van der Waals surface area contributed by atoms with Gasteiger partial charge in [-0.1, -0.05) is 29.8 Å². The van der Waals surface area contributed by atoms with Gasteiger partial charge in [-0.15, -0.1) is 0 Å². The van der Waals surface area contributed by atoms with Gasteiger partial charge in [-0.05, 0) is 43.5 Å². The van der Waals surface area contributed by atoms with E-state index in [0.29, 0.717) is 5.92 Å². The Morgan fingerprint density at radius 3 is 2.35 bits per heavy atom. The second-order valence-electron chi connectivity index (χ2n) is 4.57. The first-order valence-corrected chi connectivity index (χ1v) is 6.88. The van der Waals surface area contributed by atoms with Gasteiger partial charge in [-0.3, -0.25) is 4.79 Å². The summed E-state index contributed by atoms with van der Waals surface area (Å²) in [5.41, 5.74) is 0.763. The number of nitrogens with zero attached hydrogens (tertiary/aromatic N) is 1. The molecule has 0 atom stereocenters. The fourth-order valence-electron chi connectivity index (χ4n) is 1.59. The van der Waals surface area contributed by atoms with Gasteiger partial charge in [0.05, 0.1) is 0 Å². The molecule has 0 fully saturated rings. The lowest BCUT2D eigenvalue weighted by molar-refractivity contribution is 0.0757. The molecular weight excluding hydrogens is 278 g/mol. The number of benzene rings is 1. The summed E-state index contributed by atoms with van der Waals surface area (Å²) in [5, 5.41) is 0. The third kappa shape index (κ3) is 4.50. The fourth-order valence-corrected chi connectivity index (χ4v) is 1.86. The van der Waals surface area contributed by atoms with Crippen LogP contribution in [0.2, 0.25) is 0 Å². The largest absolute Gasteiger partial charge is 0.339 e. The van der Waals surface area contributed by atoms with Crippen LogP contribution >= 0.6 is 15.9 Å². The minimum absolute atomic E-state index is 0.126. The van der Waals surface area contributed by atoms with E-state index in [1.54, 1.807) is 0 Å². The molecule has 0 aromatic heterocycles. The zero-order valence-corrected chi connectivity index (χ0v) is 12.3. The molecule has 1 aromatic rings. The second-order valence-corrected chi connectivity index (χ2v) is 5.49. The van der Waals surface area contributed by atoms with Crippen LogP contribution in [0.4, 0.5) is 0 Å². The van der Waals surface area contributed by atoms with Crippen LogP contribution in [0, 0.1) is 5.92 Å². The molecule has 0 aliphatic rings. The molecule has 0 aliphatic heterocycles. The summed E-state index contributed by atoms with van der Waals surface area (Å²) in [5.74, 6) is 0.752. The maximum atomic E-state index is 12.2. The van der Waals surface area contributed by atoms with Gasteiger partial charge in [-0.25, -0.2) is 0 Å². The van der Waals surface area contributed by atoms with Gasteiger partial charge in [0.1, 0.15) is 0 Å². The first-order chi connectivity index (χ1) is 8.04. The highest BCUT2D eigenvalue weighted by Gasteiger charge is 2.13. The standard InChI is InChI=1S/C14H20BrNO/c1-4-16(10-9-11(2)3)14(17)12-5-7-13(15)8-6-12/h5-8,11H,4,9-10H2,1-3H3. The van der Waals surface area contributed by atoms with Crippen molar-refractivity contribution >= 4 is 21.8 Å². The first-order valence-electron chi connectivity index (χ1n) is 6.09. The zero-order valence-electron chi connectivity index (χ0n) is 10.7. The monoisotopic (exact) mass is 297 g/mol. The summed E-state index contributed by atoms with van der Waals surface area (Å²) in [6, 6.07) is 7.54. The molecule has 0 N–H and O–H groups in total. The average Bonchev–Trinajstić information content (AvgIpc) is 2.30. The molecule has 0 spiro atoms. The van der Waals surface area contributed by atoms with Gasteiger partial charge < -0.3 is 4.90 Å². The molecule has 0 bridgehead atoms. The van der Waals surface area contributed by atoms with E-state index >= 15 is 0 Å². The van der Waals surface area contributed by atoms with E-state index in [9.17, 15) is 4.79 Å². The van der Waals surface area contributed by atoms with Gasteiger partial charge in [-0.2, -0.15) is 0 Å². The molecule has 1 aromatic carbocycles. The highest BCUT2D eigenvalue weighted by Crippen LogP contribution is 2.13. The predicted octanol–water partition coefficient (Wildman–Crippen LogP) is 3.96. The van der Waals surface area contributed by atoms with Crippen LogP contribution in [0.25, 0.3) is 0 Å². The molecule has 3 heteroatoms. The number of rotatable bonds is 5. The summed E-state index contributed by atoms with van der Waals surface area (Å²) in [6.45, 7) is 7.98. The summed E-state index contributed by atoms with van der Waals surface area (Å²) in [6.07, 6.45) is 1.05. The molecule has 1 amide bonds. The van der Waals surface area contributed by atoms with Gasteiger partial charge >= 0.3 is 0 Å². The molecule has 17 heavy (non-hydrogen) atoms. The summed E-state index contributed by atoms with van der Waals surface area (Å²) >= 11 is 3.37. The summed E-state index contributed by atoms with van der Waals surface area (Å²) in [7, 11) is 0. The van der Waals surface area contributed by atoms with Crippen LogP contribution < -0.4 is 0 Å². The van der Waals surface area contributed by atoms with Crippen LogP contribution in [0.15, 0.2) is 28.7 Å². The quantitative estimate of drug-likeness (QED) is 0.806. The average molecular weight is 298 g/mol. The van der Waals surface area contributed by atoms with Gasteiger partial charge in [0, 0.05) is 23.1 Å². The highest BCUT2D eigenvalue weighted by atomic mass is 79.9. The number of hydrogen-bond donors (Lipinski definition) is 0. The Kier molecular flexibility index (Phi) is 5.69. The van der Waals surface area contributed by atoms with Crippen molar-refractivity contribution in [2.45, 2.75) is 27.2 Å². The Labute approximate surface area is 112 Å². The first kappa shape index (κ1) is 14.2. The Hall–Kier alpha value is -0.830. The molecule has 0 heterocycles. The third-order valence-electron chi connectivity index (χ3n) is 2.74. The van der Waals surface area contributed by atoms with Crippen molar-refractivity contribution in [2.24, 2.45) is 5.92 Å². The van der Waals surface area contributed by atoms with Gasteiger partial charge in [0.25, 0.3) is 5.91 Å². The molecule has 1 rings (SSSR count). The van der Waals surface area contributed by atoms with E-state index in [2.05, 4.69) is 29.8 Å². The SMILES string of the molecule is CCN(CCC(C)C)C(=O)c1ccc(Br)cc1. The van der Waals surface area contributed by atoms with Crippen LogP contribution in [-0.2, 0) is 0 Å². The van der Waals surface area contributed by atoms with Crippen LogP contribution in [0.3, 0.4) is 0 Å². The Balaban J connectivity index is 2.68. The summed E-state index contributed by atoms with van der Waals surface area (Å²) < 4.78 is 0.999. The lowest BCUT2D eigenvalue weighted by Crippen LogP contribution is -2.32. The number of carbonyl (C=O) groups is 1. The van der Waals surface area contributed by atoms with Crippen molar-refractivity contribution in [1.82, 2.24) is 4.90 Å². The van der Waals surface area contributed by atoms with Crippen molar-refractivity contribution < 1.29 is 4.79 Å². The summed E-state index contributed by atoms with van der Waals surface area (Å²) in [4.78, 5) is 14.1. The van der Waals surface area contributed by atoms with Crippen molar-refractivity contribution in [3.8, 4) is 0 Å². The topological polar surface area (TPSA) is 20.3 Å². The van der Waals surface area contributed by atoms with Gasteiger partial charge in [0.15, 0.2) is 0 Å². The molecule has 0 unspecified atom stereocenters. The lowest BCUT2D eigenvalue weighted by atomic mass is 10.1. The van der Waals surface area contributed by atoms with E-state index in [1.807, 2.05) is 36.1 Å². The third-order valence-corrected chi connectivity index (χ3v) is 3.27. The number of halogens is 1. The van der Waals surface area contributed by atoms with Crippen LogP contribution in [0.5, 0.6) is 0 Å². The van der Waals surface area contributed by atoms with E-state index in [4.69, 9.17) is 0 Å². The Bertz CT molecular complexity index is 359.